The SMILES string of the molecule is [2H]c1c([2H])c([2H])c(-c2c([2H])c([2H])c(N(c3ccc(-c4cccc5ccccc45)cc3)c3ccc(-c4c(-c5ccccc5)ccc5ccccc45)cc3)c([2H])c2[2H])c([2H])c1[2H]. The van der Waals surface area contributed by atoms with E-state index < -0.39 is 54.4 Å². The zero-order valence-electron chi connectivity index (χ0n) is 36.5. The van der Waals surface area contributed by atoms with E-state index in [1.807, 2.05) is 97.1 Å². The Morgan fingerprint density at radius 1 is 0.314 bits per heavy atom. The van der Waals surface area contributed by atoms with Crippen molar-refractivity contribution in [3.63, 3.8) is 0 Å². The van der Waals surface area contributed by atoms with Crippen LogP contribution in [0.25, 0.3) is 66.1 Å². The van der Waals surface area contributed by atoms with Crippen LogP contribution < -0.4 is 4.90 Å². The van der Waals surface area contributed by atoms with Crippen LogP contribution in [0.2, 0.25) is 0 Å². The molecule has 9 aromatic carbocycles. The molecule has 0 N–H and O–H groups in total. The number of nitrogens with zero attached hydrogens (tertiary/aromatic N) is 1. The predicted octanol–water partition coefficient (Wildman–Crippen LogP) is 14.1. The molecular weight excluding hydrogens is 615 g/mol. The Bertz CT molecular complexity index is 3070. The van der Waals surface area contributed by atoms with Gasteiger partial charge in [-0.3, -0.25) is 0 Å². The molecule has 0 bridgehead atoms. The van der Waals surface area contributed by atoms with Gasteiger partial charge < -0.3 is 4.90 Å². The quantitative estimate of drug-likeness (QED) is 0.165. The second-order valence-electron chi connectivity index (χ2n) is 12.3. The van der Waals surface area contributed by atoms with Gasteiger partial charge in [-0.2, -0.15) is 0 Å². The third-order valence-electron chi connectivity index (χ3n) is 9.24. The second kappa shape index (κ2) is 13.3. The lowest BCUT2D eigenvalue weighted by Crippen LogP contribution is -2.09. The standard InChI is InChI=1S/C50H35N/c1-3-12-36(13-4-1)37-22-29-43(30-23-37)51(44-31-24-41(25-32-44)47-21-11-18-38-16-7-9-19-46(38)47)45-33-26-42(27-34-45)50-48-20-10-8-17-40(48)28-35-49(50)39-14-5-2-6-15-39/h1-35H/i1D,3D,4D,12D,13D,22D,23D,29D,30D. The molecule has 0 spiro atoms. The molecule has 0 fully saturated rings. The Kier molecular flexibility index (Phi) is 5.77. The van der Waals surface area contributed by atoms with E-state index in [-0.39, 0.29) is 16.8 Å². The molecular formula is C50H35N. The highest BCUT2D eigenvalue weighted by Crippen LogP contribution is 2.41. The van der Waals surface area contributed by atoms with Gasteiger partial charge in [-0.25, -0.2) is 0 Å². The minimum atomic E-state index is -0.624. The summed E-state index contributed by atoms with van der Waals surface area (Å²) in [7, 11) is 0. The largest absolute Gasteiger partial charge is 0.311 e. The van der Waals surface area contributed by atoms with Crippen molar-refractivity contribution in [1.82, 2.24) is 0 Å². The summed E-state index contributed by atoms with van der Waals surface area (Å²) < 4.78 is 79.0. The van der Waals surface area contributed by atoms with Crippen molar-refractivity contribution in [3.05, 3.63) is 212 Å². The average molecular weight is 659 g/mol. The Hall–Kier alpha value is -6.70. The van der Waals surface area contributed by atoms with Gasteiger partial charge in [-0.05, 0) is 102 Å². The van der Waals surface area contributed by atoms with Crippen LogP contribution in [-0.2, 0) is 0 Å². The van der Waals surface area contributed by atoms with Gasteiger partial charge in [0.05, 0.1) is 12.3 Å². The van der Waals surface area contributed by atoms with Crippen LogP contribution in [0.5, 0.6) is 0 Å². The Morgan fingerprint density at radius 2 is 0.863 bits per heavy atom. The molecule has 0 radical (unpaired) electrons. The van der Waals surface area contributed by atoms with Crippen molar-refractivity contribution in [3.8, 4) is 44.5 Å². The number of fused-ring (bicyclic) bond motifs is 2. The summed E-state index contributed by atoms with van der Waals surface area (Å²) >= 11 is 0. The van der Waals surface area contributed by atoms with E-state index in [2.05, 4.69) is 60.7 Å². The lowest BCUT2D eigenvalue weighted by molar-refractivity contribution is 1.28. The molecule has 1 nitrogen and oxygen atoms in total. The highest BCUT2D eigenvalue weighted by molar-refractivity contribution is 6.04. The lowest BCUT2D eigenvalue weighted by Gasteiger charge is -2.26. The van der Waals surface area contributed by atoms with Crippen molar-refractivity contribution >= 4 is 38.6 Å². The van der Waals surface area contributed by atoms with E-state index in [0.29, 0.717) is 11.4 Å². The van der Waals surface area contributed by atoms with Gasteiger partial charge in [-0.15, -0.1) is 0 Å². The first-order chi connectivity index (χ1) is 29.0. The molecule has 0 heterocycles. The summed E-state index contributed by atoms with van der Waals surface area (Å²) in [4.78, 5) is 1.68. The van der Waals surface area contributed by atoms with E-state index in [4.69, 9.17) is 6.85 Å². The maximum atomic E-state index is 9.41. The molecule has 9 aromatic rings. The van der Waals surface area contributed by atoms with Gasteiger partial charge in [0.1, 0.15) is 0 Å². The van der Waals surface area contributed by atoms with Gasteiger partial charge in [0.2, 0.25) is 0 Å². The molecule has 0 amide bonds. The molecule has 0 atom stereocenters. The summed E-state index contributed by atoms with van der Waals surface area (Å²) in [6.45, 7) is 0. The molecule has 0 aliphatic carbocycles. The summed E-state index contributed by atoms with van der Waals surface area (Å²) in [6, 6.07) is 47.5. The van der Waals surface area contributed by atoms with Gasteiger partial charge in [0, 0.05) is 17.1 Å². The zero-order chi connectivity index (χ0) is 41.8. The molecule has 0 saturated heterocycles. The summed E-state index contributed by atoms with van der Waals surface area (Å²) in [5.41, 5.74) is 6.43. The predicted molar refractivity (Wildman–Crippen MR) is 218 cm³/mol. The zero-order valence-corrected chi connectivity index (χ0v) is 27.5. The summed E-state index contributed by atoms with van der Waals surface area (Å²) in [5.74, 6) is 0. The monoisotopic (exact) mass is 658 g/mol. The smallest absolute Gasteiger partial charge is 0.0645 e. The van der Waals surface area contributed by atoms with Gasteiger partial charge in [-0.1, -0.05) is 176 Å². The molecule has 9 rings (SSSR count). The Morgan fingerprint density at radius 3 is 1.57 bits per heavy atom. The first kappa shape index (κ1) is 22.1. The average Bonchev–Trinajstić information content (AvgIpc) is 3.29. The minimum absolute atomic E-state index is 0.0538. The van der Waals surface area contributed by atoms with Gasteiger partial charge in [0.15, 0.2) is 0 Å². The highest BCUT2D eigenvalue weighted by Gasteiger charge is 2.16. The van der Waals surface area contributed by atoms with Crippen LogP contribution in [-0.4, -0.2) is 0 Å². The molecule has 1 heteroatoms. The maximum Gasteiger partial charge on any atom is 0.0645 e. The van der Waals surface area contributed by atoms with E-state index >= 15 is 0 Å². The van der Waals surface area contributed by atoms with Crippen LogP contribution >= 0.6 is 0 Å². The fourth-order valence-corrected chi connectivity index (χ4v) is 6.81. The molecule has 0 saturated carbocycles. The van der Waals surface area contributed by atoms with E-state index in [1.165, 1.54) is 0 Å². The summed E-state index contributed by atoms with van der Waals surface area (Å²) in [5, 5.41) is 4.36. The van der Waals surface area contributed by atoms with Gasteiger partial charge in [0.25, 0.3) is 0 Å². The number of benzene rings is 9. The fraction of sp³-hybridized carbons (Fsp3) is 0. The Balaban J connectivity index is 1.24. The molecule has 51 heavy (non-hydrogen) atoms. The molecule has 0 aliphatic rings. The number of hydrogen-bond donors (Lipinski definition) is 0. The van der Waals surface area contributed by atoms with Crippen LogP contribution in [0.1, 0.15) is 12.3 Å². The normalized spacial score (nSPS) is 13.6. The van der Waals surface area contributed by atoms with Crippen LogP contribution in [0, 0.1) is 0 Å². The van der Waals surface area contributed by atoms with Crippen molar-refractivity contribution < 1.29 is 12.3 Å². The van der Waals surface area contributed by atoms with Gasteiger partial charge >= 0.3 is 0 Å². The van der Waals surface area contributed by atoms with Crippen molar-refractivity contribution in [2.45, 2.75) is 0 Å². The van der Waals surface area contributed by atoms with E-state index in [1.54, 1.807) is 4.90 Å². The molecule has 0 unspecified atom stereocenters. The Labute approximate surface area is 312 Å². The van der Waals surface area contributed by atoms with Crippen molar-refractivity contribution in [1.29, 1.82) is 0 Å². The topological polar surface area (TPSA) is 3.24 Å². The lowest BCUT2D eigenvalue weighted by atomic mass is 9.89. The number of hydrogen-bond acceptors (Lipinski definition) is 1. The molecule has 0 aliphatic heterocycles. The minimum Gasteiger partial charge on any atom is -0.311 e. The van der Waals surface area contributed by atoms with Crippen LogP contribution in [0.15, 0.2) is 212 Å². The van der Waals surface area contributed by atoms with Crippen LogP contribution in [0.4, 0.5) is 17.1 Å². The molecule has 240 valence electrons. The second-order valence-corrected chi connectivity index (χ2v) is 12.3. The molecule has 0 aromatic heterocycles. The maximum absolute atomic E-state index is 9.41. The first-order valence-electron chi connectivity index (χ1n) is 21.3. The van der Waals surface area contributed by atoms with E-state index in [0.717, 1.165) is 54.9 Å². The van der Waals surface area contributed by atoms with Crippen LogP contribution in [0.3, 0.4) is 0 Å². The number of rotatable bonds is 7. The van der Waals surface area contributed by atoms with Crippen molar-refractivity contribution in [2.24, 2.45) is 0 Å². The third-order valence-corrected chi connectivity index (χ3v) is 9.24. The third kappa shape index (κ3) is 5.86. The first-order valence-corrected chi connectivity index (χ1v) is 16.8. The fourth-order valence-electron chi connectivity index (χ4n) is 6.81. The van der Waals surface area contributed by atoms with E-state index in [9.17, 15) is 5.48 Å². The highest BCUT2D eigenvalue weighted by atomic mass is 15.1. The summed E-state index contributed by atoms with van der Waals surface area (Å²) in [6.07, 6.45) is 0. The number of anilines is 3. The van der Waals surface area contributed by atoms with Crippen molar-refractivity contribution in [2.75, 3.05) is 4.90 Å².